The summed E-state index contributed by atoms with van der Waals surface area (Å²) in [7, 11) is 3.97. The van der Waals surface area contributed by atoms with Crippen LogP contribution in [-0.2, 0) is 0 Å². The Morgan fingerprint density at radius 2 is 1.31 bits per heavy atom. The summed E-state index contributed by atoms with van der Waals surface area (Å²) in [5.74, 6) is -0.871. The molecule has 3 N–H and O–H groups in total. The van der Waals surface area contributed by atoms with Crippen LogP contribution in [0.3, 0.4) is 0 Å². The number of aromatic hydroxyl groups is 3. The summed E-state index contributed by atoms with van der Waals surface area (Å²) in [4.78, 5) is 12.6. The van der Waals surface area contributed by atoms with Crippen molar-refractivity contribution in [2.75, 3.05) is 21.3 Å². The number of methoxy groups -OCH3 is 3. The van der Waals surface area contributed by atoms with E-state index in [1.54, 1.807) is 0 Å². The van der Waals surface area contributed by atoms with Crippen LogP contribution in [0.15, 0.2) is 33.5 Å². The highest BCUT2D eigenvalue weighted by molar-refractivity contribution is 5.90. The lowest BCUT2D eigenvalue weighted by molar-refractivity contribution is 0.335. The van der Waals surface area contributed by atoms with Crippen LogP contribution in [0.1, 0.15) is 0 Å². The highest BCUT2D eigenvalue weighted by Gasteiger charge is 2.20. The lowest BCUT2D eigenvalue weighted by Crippen LogP contribution is -2.04. The molecule has 0 aliphatic rings. The summed E-state index contributed by atoms with van der Waals surface area (Å²) in [5, 5.41) is 30.0. The van der Waals surface area contributed by atoms with Crippen molar-refractivity contribution < 1.29 is 33.9 Å². The van der Waals surface area contributed by atoms with Crippen molar-refractivity contribution in [3.63, 3.8) is 0 Å². The first-order valence-electron chi connectivity index (χ1n) is 7.43. The third kappa shape index (κ3) is 2.61. The van der Waals surface area contributed by atoms with Gasteiger partial charge in [0.05, 0.1) is 21.3 Å². The molecule has 0 fully saturated rings. The maximum atomic E-state index is 12.6. The number of benzene rings is 2. The molecule has 0 bridgehead atoms. The Morgan fingerprint density at radius 1 is 0.769 bits per heavy atom. The molecule has 0 aliphatic carbocycles. The molecule has 0 unspecified atom stereocenters. The number of rotatable bonds is 4. The van der Waals surface area contributed by atoms with Gasteiger partial charge in [0.15, 0.2) is 28.4 Å². The zero-order chi connectivity index (χ0) is 19.0. The molecule has 1 heterocycles. The molecule has 3 rings (SSSR count). The largest absolute Gasteiger partial charge is 0.504 e. The fourth-order valence-electron chi connectivity index (χ4n) is 2.74. The third-order valence-electron chi connectivity index (χ3n) is 3.86. The van der Waals surface area contributed by atoms with E-state index >= 15 is 0 Å². The standard InChI is InChI=1S/C18H16O8/c1-23-16-10(20)4-8(5-11(16)21)13-6-9(19)15-14(26-13)7-12(22)17(24-2)18(15)25-3/h4-7,20-22H,1-3H3. The minimum Gasteiger partial charge on any atom is -0.504 e. The van der Waals surface area contributed by atoms with Crippen molar-refractivity contribution in [3.8, 4) is 45.8 Å². The number of hydrogen-bond donors (Lipinski definition) is 3. The molecule has 0 amide bonds. The van der Waals surface area contributed by atoms with Crippen LogP contribution in [0.2, 0.25) is 0 Å². The number of phenolic OH excluding ortho intramolecular Hbond substituents is 3. The van der Waals surface area contributed by atoms with Crippen LogP contribution < -0.4 is 19.6 Å². The molecule has 0 aliphatic heterocycles. The molecular formula is C18H16O8. The van der Waals surface area contributed by atoms with Gasteiger partial charge in [-0.3, -0.25) is 4.79 Å². The summed E-state index contributed by atoms with van der Waals surface area (Å²) >= 11 is 0. The van der Waals surface area contributed by atoms with Gasteiger partial charge in [-0.1, -0.05) is 0 Å². The lowest BCUT2D eigenvalue weighted by atomic mass is 10.1. The highest BCUT2D eigenvalue weighted by atomic mass is 16.5. The van der Waals surface area contributed by atoms with Crippen molar-refractivity contribution in [2.24, 2.45) is 0 Å². The normalized spacial score (nSPS) is 10.7. The number of ether oxygens (including phenoxy) is 3. The van der Waals surface area contributed by atoms with Crippen LogP contribution in [-0.4, -0.2) is 36.6 Å². The molecule has 0 saturated heterocycles. The fraction of sp³-hybridized carbons (Fsp3) is 0.167. The van der Waals surface area contributed by atoms with Gasteiger partial charge < -0.3 is 33.9 Å². The van der Waals surface area contributed by atoms with E-state index in [9.17, 15) is 20.1 Å². The second-order valence-electron chi connectivity index (χ2n) is 5.36. The van der Waals surface area contributed by atoms with Crippen LogP contribution in [0.25, 0.3) is 22.3 Å². The van der Waals surface area contributed by atoms with E-state index in [1.807, 2.05) is 0 Å². The van der Waals surface area contributed by atoms with Gasteiger partial charge in [-0.2, -0.15) is 0 Å². The first-order valence-corrected chi connectivity index (χ1v) is 7.43. The molecule has 136 valence electrons. The molecule has 2 aromatic carbocycles. The zero-order valence-corrected chi connectivity index (χ0v) is 14.2. The smallest absolute Gasteiger partial charge is 0.204 e. The molecule has 8 nitrogen and oxygen atoms in total. The maximum absolute atomic E-state index is 12.6. The van der Waals surface area contributed by atoms with Gasteiger partial charge in [-0.05, 0) is 12.1 Å². The third-order valence-corrected chi connectivity index (χ3v) is 3.86. The van der Waals surface area contributed by atoms with Crippen molar-refractivity contribution in [1.82, 2.24) is 0 Å². The minimum atomic E-state index is -0.453. The maximum Gasteiger partial charge on any atom is 0.204 e. The van der Waals surface area contributed by atoms with Gasteiger partial charge in [-0.15, -0.1) is 0 Å². The quantitative estimate of drug-likeness (QED) is 0.650. The Bertz CT molecular complexity index is 1030. The Kier molecular flexibility index (Phi) is 4.25. The van der Waals surface area contributed by atoms with E-state index < -0.39 is 5.43 Å². The van der Waals surface area contributed by atoms with Crippen LogP contribution >= 0.6 is 0 Å². The number of phenols is 3. The van der Waals surface area contributed by atoms with E-state index in [4.69, 9.17) is 18.6 Å². The number of hydrogen-bond acceptors (Lipinski definition) is 8. The summed E-state index contributed by atoms with van der Waals surface area (Å²) in [6.45, 7) is 0. The molecular weight excluding hydrogens is 344 g/mol. The van der Waals surface area contributed by atoms with E-state index in [0.29, 0.717) is 0 Å². The van der Waals surface area contributed by atoms with Gasteiger partial charge in [0.1, 0.15) is 16.7 Å². The average molecular weight is 360 g/mol. The highest BCUT2D eigenvalue weighted by Crippen LogP contribution is 2.43. The van der Waals surface area contributed by atoms with Gasteiger partial charge in [0.25, 0.3) is 0 Å². The topological polar surface area (TPSA) is 119 Å². The summed E-state index contributed by atoms with van der Waals surface area (Å²) in [5.41, 5.74) is -0.155. The second-order valence-corrected chi connectivity index (χ2v) is 5.36. The molecule has 0 spiro atoms. The molecule has 3 aromatic rings. The summed E-state index contributed by atoms with van der Waals surface area (Å²) in [6.07, 6.45) is 0. The Labute approximate surface area is 147 Å². The number of fused-ring (bicyclic) bond motifs is 1. The summed E-state index contributed by atoms with van der Waals surface area (Å²) < 4.78 is 20.8. The van der Waals surface area contributed by atoms with E-state index in [0.717, 1.165) is 0 Å². The van der Waals surface area contributed by atoms with Gasteiger partial charge in [0.2, 0.25) is 11.5 Å². The van der Waals surface area contributed by atoms with Gasteiger partial charge >= 0.3 is 0 Å². The second kappa shape index (κ2) is 6.40. The predicted octanol–water partition coefficient (Wildman–Crippen LogP) is 2.60. The van der Waals surface area contributed by atoms with Crippen molar-refractivity contribution >= 4 is 11.0 Å². The van der Waals surface area contributed by atoms with Crippen LogP contribution in [0.5, 0.6) is 34.5 Å². The molecule has 0 atom stereocenters. The molecule has 26 heavy (non-hydrogen) atoms. The van der Waals surface area contributed by atoms with E-state index in [-0.39, 0.29) is 56.8 Å². The fourth-order valence-corrected chi connectivity index (χ4v) is 2.74. The minimum absolute atomic E-state index is 0.0137. The van der Waals surface area contributed by atoms with Gasteiger partial charge in [0, 0.05) is 17.7 Å². The average Bonchev–Trinajstić information content (AvgIpc) is 2.59. The Balaban J connectivity index is 2.30. The van der Waals surface area contributed by atoms with Crippen LogP contribution in [0, 0.1) is 0 Å². The monoisotopic (exact) mass is 360 g/mol. The lowest BCUT2D eigenvalue weighted by Gasteiger charge is -2.13. The molecule has 1 aromatic heterocycles. The van der Waals surface area contributed by atoms with Crippen LogP contribution in [0.4, 0.5) is 0 Å². The SMILES string of the molecule is COc1c(O)cc(-c2cc(=O)c3c(OC)c(OC)c(O)cc3o2)cc1O. The molecule has 0 radical (unpaired) electrons. The molecule has 8 heteroatoms. The van der Waals surface area contributed by atoms with Crippen molar-refractivity contribution in [2.45, 2.75) is 0 Å². The van der Waals surface area contributed by atoms with E-state index in [1.165, 1.54) is 45.6 Å². The van der Waals surface area contributed by atoms with E-state index in [2.05, 4.69) is 0 Å². The Hall–Kier alpha value is -3.55. The molecule has 0 saturated carbocycles. The predicted molar refractivity (Wildman–Crippen MR) is 92.6 cm³/mol. The van der Waals surface area contributed by atoms with Crippen molar-refractivity contribution in [1.29, 1.82) is 0 Å². The van der Waals surface area contributed by atoms with Crippen molar-refractivity contribution in [3.05, 3.63) is 34.5 Å². The first-order chi connectivity index (χ1) is 12.4. The summed E-state index contributed by atoms with van der Waals surface area (Å²) in [6, 6.07) is 4.97. The zero-order valence-electron chi connectivity index (χ0n) is 14.2. The van der Waals surface area contributed by atoms with Gasteiger partial charge in [-0.25, -0.2) is 0 Å². The first kappa shape index (κ1) is 17.3. The Morgan fingerprint density at radius 3 is 1.85 bits per heavy atom.